The van der Waals surface area contributed by atoms with Crippen LogP contribution in [0, 0.1) is 0 Å². The predicted molar refractivity (Wildman–Crippen MR) is 60.0 cm³/mol. The normalized spacial score (nSPS) is 12.8. The average Bonchev–Trinajstić information content (AvgIpc) is 2.30. The van der Waals surface area contributed by atoms with E-state index in [2.05, 4.69) is 5.32 Å². The molecule has 0 amide bonds. The number of alkyl halides is 2. The zero-order valence-corrected chi connectivity index (χ0v) is 9.54. The molecule has 4 heteroatoms. The Morgan fingerprint density at radius 1 is 1.31 bits per heavy atom. The lowest BCUT2D eigenvalue weighted by Gasteiger charge is -2.19. The second-order valence-corrected chi connectivity index (χ2v) is 3.50. The van der Waals surface area contributed by atoms with Crippen LogP contribution in [0.3, 0.4) is 0 Å². The van der Waals surface area contributed by atoms with Crippen LogP contribution >= 0.6 is 0 Å². The number of methoxy groups -OCH3 is 1. The largest absolute Gasteiger partial charge is 0.496 e. The number of hydrogen-bond donors (Lipinski definition) is 1. The molecule has 1 N–H and O–H groups in total. The molecule has 0 saturated carbocycles. The third-order valence-corrected chi connectivity index (χ3v) is 2.44. The number of halogens is 2. The van der Waals surface area contributed by atoms with Crippen LogP contribution in [-0.2, 0) is 0 Å². The first kappa shape index (κ1) is 12.9. The van der Waals surface area contributed by atoms with Gasteiger partial charge in [0, 0.05) is 11.6 Å². The van der Waals surface area contributed by atoms with Gasteiger partial charge in [-0.1, -0.05) is 25.1 Å². The molecule has 0 bridgehead atoms. The number of benzene rings is 1. The maximum absolute atomic E-state index is 12.1. The number of hydrogen-bond acceptors (Lipinski definition) is 2. The van der Waals surface area contributed by atoms with Gasteiger partial charge in [-0.15, -0.1) is 0 Å². The summed E-state index contributed by atoms with van der Waals surface area (Å²) in [4.78, 5) is 0. The van der Waals surface area contributed by atoms with E-state index in [1.165, 1.54) is 0 Å². The van der Waals surface area contributed by atoms with Crippen molar-refractivity contribution in [3.63, 3.8) is 0 Å². The first-order valence-corrected chi connectivity index (χ1v) is 5.33. The van der Waals surface area contributed by atoms with Gasteiger partial charge in [-0.2, -0.15) is 0 Å². The molecular formula is C12H17F2NO. The van der Waals surface area contributed by atoms with E-state index in [9.17, 15) is 8.78 Å². The summed E-state index contributed by atoms with van der Waals surface area (Å²) in [5.41, 5.74) is 0.924. The number of para-hydroxylation sites is 1. The lowest BCUT2D eigenvalue weighted by molar-refractivity contribution is 0.140. The van der Waals surface area contributed by atoms with Gasteiger partial charge in [-0.05, 0) is 12.5 Å². The number of nitrogens with one attached hydrogen (secondary N) is 1. The molecule has 1 aromatic carbocycles. The topological polar surface area (TPSA) is 21.3 Å². The molecule has 0 radical (unpaired) electrons. The fourth-order valence-corrected chi connectivity index (χ4v) is 1.66. The van der Waals surface area contributed by atoms with E-state index >= 15 is 0 Å². The molecule has 1 atom stereocenters. The van der Waals surface area contributed by atoms with Crippen molar-refractivity contribution >= 4 is 0 Å². The smallest absolute Gasteiger partial charge is 0.250 e. The molecule has 1 aromatic rings. The van der Waals surface area contributed by atoms with Crippen molar-refractivity contribution in [3.05, 3.63) is 29.8 Å². The van der Waals surface area contributed by atoms with E-state index < -0.39 is 6.43 Å². The van der Waals surface area contributed by atoms with E-state index in [-0.39, 0.29) is 12.6 Å². The van der Waals surface area contributed by atoms with E-state index in [0.717, 1.165) is 17.7 Å². The Hall–Kier alpha value is -1.16. The number of ether oxygens (including phenoxy) is 1. The van der Waals surface area contributed by atoms with Crippen LogP contribution in [0.4, 0.5) is 8.78 Å². The lowest BCUT2D eigenvalue weighted by Crippen LogP contribution is -2.26. The van der Waals surface area contributed by atoms with Crippen molar-refractivity contribution in [3.8, 4) is 5.75 Å². The van der Waals surface area contributed by atoms with Crippen molar-refractivity contribution in [2.75, 3.05) is 13.7 Å². The van der Waals surface area contributed by atoms with Gasteiger partial charge in [0.15, 0.2) is 0 Å². The fraction of sp³-hybridized carbons (Fsp3) is 0.500. The van der Waals surface area contributed by atoms with Gasteiger partial charge in [0.05, 0.1) is 13.7 Å². The maximum atomic E-state index is 12.1. The van der Waals surface area contributed by atoms with E-state index in [1.54, 1.807) is 7.11 Å². The molecule has 16 heavy (non-hydrogen) atoms. The Morgan fingerprint density at radius 2 is 2.00 bits per heavy atom. The molecule has 2 nitrogen and oxygen atoms in total. The van der Waals surface area contributed by atoms with Gasteiger partial charge < -0.3 is 10.1 Å². The molecule has 0 aliphatic heterocycles. The van der Waals surface area contributed by atoms with Crippen molar-refractivity contribution in [1.82, 2.24) is 5.32 Å². The molecule has 0 saturated heterocycles. The first-order chi connectivity index (χ1) is 7.69. The highest BCUT2D eigenvalue weighted by Gasteiger charge is 2.14. The van der Waals surface area contributed by atoms with Crippen molar-refractivity contribution in [2.45, 2.75) is 25.8 Å². The van der Waals surface area contributed by atoms with Crippen LogP contribution in [0.1, 0.15) is 24.9 Å². The molecule has 0 spiro atoms. The summed E-state index contributed by atoms with van der Waals surface area (Å²) >= 11 is 0. The van der Waals surface area contributed by atoms with Gasteiger partial charge in [0.2, 0.25) is 0 Å². The molecule has 0 heterocycles. The number of rotatable bonds is 6. The minimum atomic E-state index is -2.33. The molecule has 0 fully saturated rings. The average molecular weight is 229 g/mol. The van der Waals surface area contributed by atoms with Crippen molar-refractivity contribution in [1.29, 1.82) is 0 Å². The SMILES string of the molecule is CCC(NCC(F)F)c1ccccc1OC. The summed E-state index contributed by atoms with van der Waals surface area (Å²) in [6, 6.07) is 7.38. The van der Waals surface area contributed by atoms with Crippen molar-refractivity contribution < 1.29 is 13.5 Å². The summed E-state index contributed by atoms with van der Waals surface area (Å²) in [5.74, 6) is 0.733. The van der Waals surface area contributed by atoms with E-state index in [1.807, 2.05) is 31.2 Å². The van der Waals surface area contributed by atoms with Gasteiger partial charge in [-0.3, -0.25) is 0 Å². The highest BCUT2D eigenvalue weighted by atomic mass is 19.3. The quantitative estimate of drug-likeness (QED) is 0.809. The minimum Gasteiger partial charge on any atom is -0.496 e. The summed E-state index contributed by atoms with van der Waals surface area (Å²) in [6.45, 7) is 1.66. The second kappa shape index (κ2) is 6.43. The predicted octanol–water partition coefficient (Wildman–Crippen LogP) is 3.00. The molecule has 1 unspecified atom stereocenters. The maximum Gasteiger partial charge on any atom is 0.250 e. The van der Waals surface area contributed by atoms with Crippen LogP contribution in [0.5, 0.6) is 5.75 Å². The molecular weight excluding hydrogens is 212 g/mol. The molecule has 0 aliphatic rings. The van der Waals surface area contributed by atoms with Crippen LogP contribution in [0.25, 0.3) is 0 Å². The second-order valence-electron chi connectivity index (χ2n) is 3.50. The minimum absolute atomic E-state index is 0.0925. The standard InChI is InChI=1S/C12H17F2NO/c1-3-10(15-8-12(13)14)9-6-4-5-7-11(9)16-2/h4-7,10,12,15H,3,8H2,1-2H3. The Morgan fingerprint density at radius 3 is 2.56 bits per heavy atom. The highest BCUT2D eigenvalue weighted by molar-refractivity contribution is 5.35. The van der Waals surface area contributed by atoms with E-state index in [0.29, 0.717) is 0 Å². The van der Waals surface area contributed by atoms with Crippen LogP contribution < -0.4 is 10.1 Å². The van der Waals surface area contributed by atoms with Gasteiger partial charge in [0.25, 0.3) is 6.43 Å². The molecule has 0 aliphatic carbocycles. The summed E-state index contributed by atoms with van der Waals surface area (Å²) in [6.07, 6.45) is -1.59. The molecule has 90 valence electrons. The lowest BCUT2D eigenvalue weighted by atomic mass is 10.0. The third kappa shape index (κ3) is 3.45. The summed E-state index contributed by atoms with van der Waals surface area (Å²) in [5, 5.41) is 2.83. The van der Waals surface area contributed by atoms with Gasteiger partial charge >= 0.3 is 0 Å². The first-order valence-electron chi connectivity index (χ1n) is 5.33. The van der Waals surface area contributed by atoms with Crippen LogP contribution in [0.2, 0.25) is 0 Å². The van der Waals surface area contributed by atoms with Crippen LogP contribution in [0.15, 0.2) is 24.3 Å². The van der Waals surface area contributed by atoms with E-state index in [4.69, 9.17) is 4.74 Å². The summed E-state index contributed by atoms with van der Waals surface area (Å²) in [7, 11) is 1.58. The fourth-order valence-electron chi connectivity index (χ4n) is 1.66. The zero-order chi connectivity index (χ0) is 12.0. The van der Waals surface area contributed by atoms with Gasteiger partial charge in [0.1, 0.15) is 5.75 Å². The third-order valence-electron chi connectivity index (χ3n) is 2.44. The summed E-state index contributed by atoms with van der Waals surface area (Å²) < 4.78 is 29.5. The van der Waals surface area contributed by atoms with Crippen molar-refractivity contribution in [2.24, 2.45) is 0 Å². The highest BCUT2D eigenvalue weighted by Crippen LogP contribution is 2.26. The Balaban J connectivity index is 2.77. The van der Waals surface area contributed by atoms with Crippen LogP contribution in [-0.4, -0.2) is 20.1 Å². The molecule has 1 rings (SSSR count). The zero-order valence-electron chi connectivity index (χ0n) is 9.54. The Kier molecular flexibility index (Phi) is 5.19. The molecule has 0 aromatic heterocycles. The van der Waals surface area contributed by atoms with Gasteiger partial charge in [-0.25, -0.2) is 8.78 Å². The monoisotopic (exact) mass is 229 g/mol. The Labute approximate surface area is 94.6 Å². The Bertz CT molecular complexity index is 318.